The molecule has 0 amide bonds. The molecule has 0 aliphatic carbocycles. The van der Waals surface area contributed by atoms with E-state index in [2.05, 4.69) is 42.1 Å². The molecule has 3 aromatic heterocycles. The predicted molar refractivity (Wildman–Crippen MR) is 85.3 cm³/mol. The standard InChI is InChI=1S/C15H20N8/c1-9-10(2)19-15-16-8-17-23(15)13(9)18-11(3)14-21-20-12-6-4-5-7-22(12)14/h8,11,18H,4-7H2,1-3H3. The molecule has 0 radical (unpaired) electrons. The van der Waals surface area contributed by atoms with Crippen LogP contribution in [0.4, 0.5) is 5.82 Å². The highest BCUT2D eigenvalue weighted by Crippen LogP contribution is 2.25. The van der Waals surface area contributed by atoms with E-state index in [4.69, 9.17) is 0 Å². The molecule has 0 saturated heterocycles. The van der Waals surface area contributed by atoms with Gasteiger partial charge in [-0.25, -0.2) is 4.98 Å². The van der Waals surface area contributed by atoms with E-state index in [1.807, 2.05) is 13.8 Å². The van der Waals surface area contributed by atoms with E-state index < -0.39 is 0 Å². The molecule has 1 unspecified atom stereocenters. The van der Waals surface area contributed by atoms with Crippen LogP contribution in [0.25, 0.3) is 5.78 Å². The zero-order chi connectivity index (χ0) is 16.0. The van der Waals surface area contributed by atoms with Crippen LogP contribution in [0.3, 0.4) is 0 Å². The van der Waals surface area contributed by atoms with E-state index in [9.17, 15) is 0 Å². The molecule has 0 fully saturated rings. The molecule has 1 atom stereocenters. The van der Waals surface area contributed by atoms with Gasteiger partial charge in [0.05, 0.1) is 6.04 Å². The van der Waals surface area contributed by atoms with Gasteiger partial charge in [0.1, 0.15) is 18.0 Å². The van der Waals surface area contributed by atoms with Gasteiger partial charge in [-0.2, -0.15) is 14.6 Å². The second-order valence-electron chi connectivity index (χ2n) is 6.09. The number of aromatic nitrogens is 7. The molecule has 4 heterocycles. The Morgan fingerprint density at radius 2 is 2.09 bits per heavy atom. The Morgan fingerprint density at radius 3 is 2.96 bits per heavy atom. The summed E-state index contributed by atoms with van der Waals surface area (Å²) in [7, 11) is 0. The fourth-order valence-electron chi connectivity index (χ4n) is 3.12. The van der Waals surface area contributed by atoms with Crippen molar-refractivity contribution >= 4 is 11.6 Å². The van der Waals surface area contributed by atoms with Gasteiger partial charge in [0, 0.05) is 24.2 Å². The van der Waals surface area contributed by atoms with Gasteiger partial charge in [-0.05, 0) is 33.6 Å². The third-order valence-electron chi connectivity index (χ3n) is 4.54. The third kappa shape index (κ3) is 2.25. The van der Waals surface area contributed by atoms with Gasteiger partial charge in [-0.3, -0.25) is 0 Å². The Morgan fingerprint density at radius 1 is 1.22 bits per heavy atom. The molecule has 8 nitrogen and oxygen atoms in total. The Labute approximate surface area is 134 Å². The van der Waals surface area contributed by atoms with Gasteiger partial charge in [0.25, 0.3) is 5.78 Å². The Hall–Kier alpha value is -2.51. The third-order valence-corrected chi connectivity index (χ3v) is 4.54. The zero-order valence-electron chi connectivity index (χ0n) is 13.6. The number of fused-ring (bicyclic) bond motifs is 2. The van der Waals surface area contributed by atoms with E-state index in [1.54, 1.807) is 4.52 Å². The molecule has 120 valence electrons. The fourth-order valence-corrected chi connectivity index (χ4v) is 3.12. The van der Waals surface area contributed by atoms with E-state index in [1.165, 1.54) is 19.2 Å². The Kier molecular flexibility index (Phi) is 3.24. The van der Waals surface area contributed by atoms with Crippen LogP contribution in [0.15, 0.2) is 6.33 Å². The van der Waals surface area contributed by atoms with Gasteiger partial charge in [-0.15, -0.1) is 10.2 Å². The monoisotopic (exact) mass is 312 g/mol. The summed E-state index contributed by atoms with van der Waals surface area (Å²) in [6.07, 6.45) is 4.92. The number of nitrogens with zero attached hydrogens (tertiary/aromatic N) is 7. The first-order chi connectivity index (χ1) is 11.1. The van der Waals surface area contributed by atoms with E-state index in [-0.39, 0.29) is 6.04 Å². The molecule has 1 N–H and O–H groups in total. The molecule has 0 aromatic carbocycles. The van der Waals surface area contributed by atoms with Crippen LogP contribution in [-0.2, 0) is 13.0 Å². The first-order valence-electron chi connectivity index (χ1n) is 8.00. The van der Waals surface area contributed by atoms with E-state index in [0.717, 1.165) is 41.7 Å². The summed E-state index contributed by atoms with van der Waals surface area (Å²) in [4.78, 5) is 8.64. The molecule has 23 heavy (non-hydrogen) atoms. The Balaban J connectivity index is 1.72. The summed E-state index contributed by atoms with van der Waals surface area (Å²) in [6, 6.07) is 0.0299. The first kappa shape index (κ1) is 14.1. The quantitative estimate of drug-likeness (QED) is 0.794. The minimum absolute atomic E-state index is 0.0299. The van der Waals surface area contributed by atoms with Gasteiger partial charge >= 0.3 is 0 Å². The molecule has 1 aliphatic rings. The van der Waals surface area contributed by atoms with Crippen molar-refractivity contribution in [3.05, 3.63) is 29.2 Å². The summed E-state index contributed by atoms with van der Waals surface area (Å²) >= 11 is 0. The molecule has 0 spiro atoms. The van der Waals surface area contributed by atoms with Crippen LogP contribution in [-0.4, -0.2) is 34.3 Å². The summed E-state index contributed by atoms with van der Waals surface area (Å²) < 4.78 is 3.98. The van der Waals surface area contributed by atoms with Crippen molar-refractivity contribution in [2.75, 3.05) is 5.32 Å². The summed E-state index contributed by atoms with van der Waals surface area (Å²) in [6.45, 7) is 7.12. The van der Waals surface area contributed by atoms with Gasteiger partial charge < -0.3 is 9.88 Å². The van der Waals surface area contributed by atoms with Crippen LogP contribution in [0, 0.1) is 13.8 Å². The van der Waals surface area contributed by atoms with Gasteiger partial charge in [-0.1, -0.05) is 0 Å². The second kappa shape index (κ2) is 5.29. The Bertz CT molecular complexity index is 862. The number of aryl methyl sites for hydroxylation is 2. The highest BCUT2D eigenvalue weighted by atomic mass is 15.4. The van der Waals surface area contributed by atoms with Gasteiger partial charge in [0.2, 0.25) is 0 Å². The molecular weight excluding hydrogens is 292 g/mol. The largest absolute Gasteiger partial charge is 0.360 e. The maximum atomic E-state index is 4.45. The number of nitrogens with one attached hydrogen (secondary N) is 1. The van der Waals surface area contributed by atoms with Crippen LogP contribution in [0.5, 0.6) is 0 Å². The van der Waals surface area contributed by atoms with E-state index >= 15 is 0 Å². The average molecular weight is 312 g/mol. The van der Waals surface area contributed by atoms with Crippen LogP contribution < -0.4 is 5.32 Å². The summed E-state index contributed by atoms with van der Waals surface area (Å²) in [5, 5.41) is 16.6. The number of hydrogen-bond donors (Lipinski definition) is 1. The second-order valence-corrected chi connectivity index (χ2v) is 6.09. The molecule has 4 rings (SSSR count). The molecule has 8 heteroatoms. The van der Waals surface area contributed by atoms with Crippen molar-refractivity contribution in [1.82, 2.24) is 34.3 Å². The first-order valence-corrected chi connectivity index (χ1v) is 8.00. The van der Waals surface area contributed by atoms with Crippen molar-refractivity contribution in [2.24, 2.45) is 0 Å². The lowest BCUT2D eigenvalue weighted by Crippen LogP contribution is -2.20. The molecule has 0 bridgehead atoms. The molecular formula is C15H20N8. The zero-order valence-corrected chi connectivity index (χ0v) is 13.6. The maximum Gasteiger partial charge on any atom is 0.254 e. The minimum atomic E-state index is 0.0299. The molecule has 0 saturated carbocycles. The SMILES string of the molecule is Cc1nc2ncnn2c(NC(C)c2nnc3n2CCCC3)c1C. The van der Waals surface area contributed by atoms with Gasteiger partial charge in [0.15, 0.2) is 5.82 Å². The summed E-state index contributed by atoms with van der Waals surface area (Å²) in [5.74, 6) is 3.58. The number of rotatable bonds is 3. The van der Waals surface area contributed by atoms with Crippen molar-refractivity contribution in [1.29, 1.82) is 0 Å². The minimum Gasteiger partial charge on any atom is -0.360 e. The number of hydrogen-bond acceptors (Lipinski definition) is 6. The number of anilines is 1. The predicted octanol–water partition coefficient (Wildman–Crippen LogP) is 1.84. The van der Waals surface area contributed by atoms with Crippen LogP contribution >= 0.6 is 0 Å². The smallest absolute Gasteiger partial charge is 0.254 e. The van der Waals surface area contributed by atoms with Crippen LogP contribution in [0.2, 0.25) is 0 Å². The van der Waals surface area contributed by atoms with Crippen LogP contribution in [0.1, 0.15) is 48.7 Å². The lowest BCUT2D eigenvalue weighted by molar-refractivity contribution is 0.500. The van der Waals surface area contributed by atoms with Crippen molar-refractivity contribution < 1.29 is 0 Å². The van der Waals surface area contributed by atoms with Crippen molar-refractivity contribution in [2.45, 2.75) is 52.6 Å². The van der Waals surface area contributed by atoms with E-state index in [0.29, 0.717) is 5.78 Å². The maximum absolute atomic E-state index is 4.45. The fraction of sp³-hybridized carbons (Fsp3) is 0.533. The molecule has 1 aliphatic heterocycles. The normalized spacial score (nSPS) is 15.6. The highest BCUT2D eigenvalue weighted by molar-refractivity contribution is 5.52. The summed E-state index contributed by atoms with van der Waals surface area (Å²) in [5.41, 5.74) is 2.01. The highest BCUT2D eigenvalue weighted by Gasteiger charge is 2.21. The average Bonchev–Trinajstić information content (AvgIpc) is 3.17. The topological polar surface area (TPSA) is 85.8 Å². The lowest BCUT2D eigenvalue weighted by atomic mass is 10.1. The van der Waals surface area contributed by atoms with Crippen molar-refractivity contribution in [3.63, 3.8) is 0 Å². The van der Waals surface area contributed by atoms with Crippen molar-refractivity contribution in [3.8, 4) is 0 Å². The lowest BCUT2D eigenvalue weighted by Gasteiger charge is -2.20. The molecule has 3 aromatic rings.